The third-order valence-corrected chi connectivity index (χ3v) is 4.62. The van der Waals surface area contributed by atoms with Crippen molar-refractivity contribution in [1.29, 1.82) is 0 Å². The van der Waals surface area contributed by atoms with E-state index in [2.05, 4.69) is 26.1 Å². The van der Waals surface area contributed by atoms with E-state index < -0.39 is 5.97 Å². The first-order chi connectivity index (χ1) is 12.9. The highest BCUT2D eigenvalue weighted by molar-refractivity contribution is 5.98. The van der Waals surface area contributed by atoms with Crippen LogP contribution in [0.2, 0.25) is 0 Å². The largest absolute Gasteiger partial charge is 0.454 e. The Balaban J connectivity index is 1.65. The Bertz CT molecular complexity index is 1000. The number of hydrogen-bond acceptors (Lipinski definition) is 4. The zero-order valence-corrected chi connectivity index (χ0v) is 15.7. The first-order valence-electron chi connectivity index (χ1n) is 8.92. The number of carbonyl (C=O) groups excluding carboxylic acids is 1. The maximum absolute atomic E-state index is 12.8. The Hall–Kier alpha value is -2.99. The molecule has 6 nitrogen and oxygen atoms in total. The smallest absolute Gasteiger partial charge is 0.347 e. The van der Waals surface area contributed by atoms with E-state index in [0.717, 1.165) is 33.9 Å². The number of aromatic nitrogens is 1. The van der Waals surface area contributed by atoms with Crippen molar-refractivity contribution in [3.05, 3.63) is 53.7 Å². The summed E-state index contributed by atoms with van der Waals surface area (Å²) in [4.78, 5) is 16.1. The average Bonchev–Trinajstić information content (AvgIpc) is 3.26. The Morgan fingerprint density at radius 2 is 1.96 bits per heavy atom. The number of para-hydroxylation sites is 1. The number of benzene rings is 2. The SMILES string of the molecule is C[N+](C)(C)CCc1c[nH]c2cccc(OC(=O)c3cccc4c3OCO4)c12. The summed E-state index contributed by atoms with van der Waals surface area (Å²) in [5, 5.41) is 0.948. The van der Waals surface area contributed by atoms with E-state index in [1.807, 2.05) is 24.4 Å². The number of H-pyrrole nitrogens is 1. The third-order valence-electron chi connectivity index (χ3n) is 4.62. The van der Waals surface area contributed by atoms with Crippen molar-refractivity contribution in [2.24, 2.45) is 0 Å². The second-order valence-corrected chi connectivity index (χ2v) is 7.69. The van der Waals surface area contributed by atoms with Gasteiger partial charge in [-0.15, -0.1) is 0 Å². The van der Waals surface area contributed by atoms with Crippen LogP contribution in [0, 0.1) is 0 Å². The summed E-state index contributed by atoms with van der Waals surface area (Å²) in [5.74, 6) is 1.09. The maximum Gasteiger partial charge on any atom is 0.347 e. The predicted octanol–water partition coefficient (Wildman–Crippen LogP) is 3.36. The number of aromatic amines is 1. The number of ether oxygens (including phenoxy) is 3. The highest BCUT2D eigenvalue weighted by Gasteiger charge is 2.24. The molecule has 0 bridgehead atoms. The molecule has 4 rings (SSSR count). The molecule has 0 unspecified atom stereocenters. The lowest BCUT2D eigenvalue weighted by molar-refractivity contribution is -0.870. The van der Waals surface area contributed by atoms with Crippen molar-refractivity contribution in [1.82, 2.24) is 4.98 Å². The van der Waals surface area contributed by atoms with E-state index >= 15 is 0 Å². The van der Waals surface area contributed by atoms with E-state index in [4.69, 9.17) is 14.2 Å². The fourth-order valence-corrected chi connectivity index (χ4v) is 3.20. The summed E-state index contributed by atoms with van der Waals surface area (Å²) < 4.78 is 17.4. The summed E-state index contributed by atoms with van der Waals surface area (Å²) in [7, 11) is 6.48. The second-order valence-electron chi connectivity index (χ2n) is 7.69. The number of quaternary nitrogens is 1. The zero-order chi connectivity index (χ0) is 19.0. The molecule has 1 N–H and O–H groups in total. The summed E-state index contributed by atoms with van der Waals surface area (Å²) in [5.41, 5.74) is 2.46. The number of nitrogens with one attached hydrogen (secondary N) is 1. The van der Waals surface area contributed by atoms with Crippen LogP contribution in [0.3, 0.4) is 0 Å². The van der Waals surface area contributed by atoms with Crippen LogP contribution in [0.5, 0.6) is 17.2 Å². The van der Waals surface area contributed by atoms with E-state index in [1.165, 1.54) is 0 Å². The van der Waals surface area contributed by atoms with Crippen molar-refractivity contribution >= 4 is 16.9 Å². The Morgan fingerprint density at radius 3 is 2.78 bits per heavy atom. The van der Waals surface area contributed by atoms with Gasteiger partial charge in [0.25, 0.3) is 0 Å². The molecule has 0 atom stereocenters. The van der Waals surface area contributed by atoms with Gasteiger partial charge >= 0.3 is 5.97 Å². The lowest BCUT2D eigenvalue weighted by Gasteiger charge is -2.23. The van der Waals surface area contributed by atoms with E-state index in [0.29, 0.717) is 22.8 Å². The quantitative estimate of drug-likeness (QED) is 0.427. The summed E-state index contributed by atoms with van der Waals surface area (Å²) in [6, 6.07) is 10.9. The lowest BCUT2D eigenvalue weighted by Crippen LogP contribution is -2.36. The minimum Gasteiger partial charge on any atom is -0.454 e. The Morgan fingerprint density at radius 1 is 1.15 bits per heavy atom. The molecule has 0 fully saturated rings. The maximum atomic E-state index is 12.8. The summed E-state index contributed by atoms with van der Waals surface area (Å²) >= 11 is 0. The van der Waals surface area contributed by atoms with Gasteiger partial charge in [-0.1, -0.05) is 12.1 Å². The molecule has 0 saturated carbocycles. The van der Waals surface area contributed by atoms with Crippen molar-refractivity contribution in [3.63, 3.8) is 0 Å². The molecule has 2 aromatic carbocycles. The molecular formula is C21H23N2O4+. The Labute approximate surface area is 157 Å². The molecular weight excluding hydrogens is 344 g/mol. The van der Waals surface area contributed by atoms with Crippen molar-refractivity contribution in [2.75, 3.05) is 34.5 Å². The van der Waals surface area contributed by atoms with Crippen LogP contribution in [0.15, 0.2) is 42.6 Å². The minimum atomic E-state index is -0.455. The number of carbonyl (C=O) groups is 1. The van der Waals surface area contributed by atoms with Crippen molar-refractivity contribution in [3.8, 4) is 17.2 Å². The molecule has 0 saturated heterocycles. The average molecular weight is 367 g/mol. The van der Waals surface area contributed by atoms with Crippen LogP contribution >= 0.6 is 0 Å². The lowest BCUT2D eigenvalue weighted by atomic mass is 10.1. The van der Waals surface area contributed by atoms with Gasteiger partial charge in [-0.2, -0.15) is 0 Å². The third kappa shape index (κ3) is 3.48. The monoisotopic (exact) mass is 367 g/mol. The molecule has 27 heavy (non-hydrogen) atoms. The van der Waals surface area contributed by atoms with Crippen LogP contribution in [-0.2, 0) is 6.42 Å². The molecule has 3 aromatic rings. The highest BCUT2D eigenvalue weighted by atomic mass is 16.7. The van der Waals surface area contributed by atoms with Gasteiger partial charge < -0.3 is 23.7 Å². The number of esters is 1. The van der Waals surface area contributed by atoms with Crippen LogP contribution in [-0.4, -0.2) is 49.9 Å². The van der Waals surface area contributed by atoms with Crippen molar-refractivity contribution in [2.45, 2.75) is 6.42 Å². The fraction of sp³-hybridized carbons (Fsp3) is 0.286. The van der Waals surface area contributed by atoms with E-state index in [9.17, 15) is 4.79 Å². The van der Waals surface area contributed by atoms with Gasteiger partial charge in [-0.3, -0.25) is 0 Å². The van der Waals surface area contributed by atoms with E-state index in [-0.39, 0.29) is 6.79 Å². The number of likely N-dealkylation sites (N-methyl/N-ethyl adjacent to an activating group) is 1. The Kier molecular flexibility index (Phi) is 4.28. The van der Waals surface area contributed by atoms with Crippen LogP contribution < -0.4 is 14.2 Å². The topological polar surface area (TPSA) is 60.6 Å². The van der Waals surface area contributed by atoms with Crippen molar-refractivity contribution < 1.29 is 23.5 Å². The van der Waals surface area contributed by atoms with Gasteiger partial charge in [0.15, 0.2) is 11.5 Å². The standard InChI is InChI=1S/C21H23N2O4/c1-23(2,3)11-10-14-12-22-16-7-5-8-17(19(14)16)27-21(24)15-6-4-9-18-20(15)26-13-25-18/h4-9,12,22H,10-11,13H2,1-3H3/q+1. The fourth-order valence-electron chi connectivity index (χ4n) is 3.20. The van der Waals surface area contributed by atoms with Gasteiger partial charge in [0, 0.05) is 23.5 Å². The zero-order valence-electron chi connectivity index (χ0n) is 15.7. The molecule has 0 spiro atoms. The molecule has 1 aliphatic heterocycles. The van der Waals surface area contributed by atoms with Gasteiger partial charge in [-0.05, 0) is 29.8 Å². The van der Waals surface area contributed by atoms with Gasteiger partial charge in [0.1, 0.15) is 11.3 Å². The van der Waals surface area contributed by atoms with E-state index in [1.54, 1.807) is 18.2 Å². The van der Waals surface area contributed by atoms with Crippen LogP contribution in [0.4, 0.5) is 0 Å². The normalized spacial score (nSPS) is 13.1. The molecule has 1 aliphatic rings. The molecule has 0 aliphatic carbocycles. The molecule has 2 heterocycles. The number of fused-ring (bicyclic) bond motifs is 2. The van der Waals surface area contributed by atoms with Crippen LogP contribution in [0.1, 0.15) is 15.9 Å². The number of nitrogens with zero attached hydrogens (tertiary/aromatic N) is 1. The number of rotatable bonds is 5. The first-order valence-corrected chi connectivity index (χ1v) is 8.92. The summed E-state index contributed by atoms with van der Waals surface area (Å²) in [6.45, 7) is 1.09. The molecule has 6 heteroatoms. The number of hydrogen-bond donors (Lipinski definition) is 1. The van der Waals surface area contributed by atoms with Gasteiger partial charge in [0.05, 0.1) is 27.7 Å². The minimum absolute atomic E-state index is 0.113. The predicted molar refractivity (Wildman–Crippen MR) is 102 cm³/mol. The highest BCUT2D eigenvalue weighted by Crippen LogP contribution is 2.36. The molecule has 0 radical (unpaired) electrons. The molecule has 0 amide bonds. The van der Waals surface area contributed by atoms with Gasteiger partial charge in [0.2, 0.25) is 6.79 Å². The molecule has 140 valence electrons. The first kappa shape index (κ1) is 17.4. The molecule has 1 aromatic heterocycles. The second kappa shape index (κ2) is 6.63. The van der Waals surface area contributed by atoms with Crippen LogP contribution in [0.25, 0.3) is 10.9 Å². The summed E-state index contributed by atoms with van der Waals surface area (Å²) in [6.07, 6.45) is 2.88. The van der Waals surface area contributed by atoms with Gasteiger partial charge in [-0.25, -0.2) is 4.79 Å².